The third-order valence-corrected chi connectivity index (χ3v) is 9.04. The molecule has 3 aliphatic carbocycles. The van der Waals surface area contributed by atoms with Crippen LogP contribution in [0.5, 0.6) is 11.5 Å². The zero-order valence-corrected chi connectivity index (χ0v) is 22.3. The summed E-state index contributed by atoms with van der Waals surface area (Å²) in [5.41, 5.74) is 1.67. The first kappa shape index (κ1) is 28.5. The molecule has 5 aliphatic rings. The molecule has 0 unspecified atom stereocenters. The van der Waals surface area contributed by atoms with Crippen LogP contribution in [0, 0.1) is 5.92 Å². The highest BCUT2D eigenvalue weighted by Gasteiger charge is 2.74. The van der Waals surface area contributed by atoms with Gasteiger partial charge in [-0.05, 0) is 61.4 Å². The maximum Gasteiger partial charge on any atom is 0.328 e. The second kappa shape index (κ2) is 10.4. The van der Waals surface area contributed by atoms with E-state index in [1.807, 2.05) is 42.5 Å². The number of nitrogens with zero attached hydrogens (tertiary/aromatic N) is 1. The number of hydrogen-bond acceptors (Lipinski definition) is 7. The number of carbonyl (C=O) groups is 3. The minimum Gasteiger partial charge on any atom is -0.504 e. The Hall–Kier alpha value is -3.99. The molecular formula is C31H33NO9. The van der Waals surface area contributed by atoms with Crippen molar-refractivity contribution in [2.24, 2.45) is 5.92 Å². The molecule has 10 heteroatoms. The number of carboxylic acids is 2. The highest BCUT2D eigenvalue weighted by Crippen LogP contribution is 2.65. The summed E-state index contributed by atoms with van der Waals surface area (Å²) in [5.74, 6) is -1.37. The van der Waals surface area contributed by atoms with Gasteiger partial charge in [-0.15, -0.1) is 0 Å². The van der Waals surface area contributed by atoms with Crippen LogP contribution in [0.2, 0.25) is 0 Å². The van der Waals surface area contributed by atoms with E-state index in [9.17, 15) is 24.6 Å². The van der Waals surface area contributed by atoms with Crippen LogP contribution in [-0.4, -0.2) is 79.4 Å². The Morgan fingerprint density at radius 2 is 1.73 bits per heavy atom. The van der Waals surface area contributed by atoms with Crippen molar-refractivity contribution in [1.82, 2.24) is 4.90 Å². The molecule has 2 saturated carbocycles. The maximum atomic E-state index is 13.8. The molecule has 6 N–H and O–H groups in total. The Labute approximate surface area is 236 Å². The first-order chi connectivity index (χ1) is 19.1. The van der Waals surface area contributed by atoms with Crippen molar-refractivity contribution >= 4 is 23.8 Å². The molecule has 2 bridgehead atoms. The lowest BCUT2D eigenvalue weighted by molar-refractivity contribution is -0.179. The first-order valence-electron chi connectivity index (χ1n) is 13.6. The van der Waals surface area contributed by atoms with E-state index in [-0.39, 0.29) is 23.1 Å². The number of carboxylic acid groups (broad SMARTS) is 2. The van der Waals surface area contributed by atoms with E-state index >= 15 is 0 Å². The highest BCUT2D eigenvalue weighted by atomic mass is 16.5. The number of carbonyl (C=O) groups excluding carboxylic acids is 1. The van der Waals surface area contributed by atoms with Crippen LogP contribution >= 0.6 is 0 Å². The molecular weight excluding hydrogens is 530 g/mol. The van der Waals surface area contributed by atoms with Crippen molar-refractivity contribution < 1.29 is 45.0 Å². The smallest absolute Gasteiger partial charge is 0.328 e. The van der Waals surface area contributed by atoms with Crippen molar-refractivity contribution in [1.29, 1.82) is 0 Å². The quantitative estimate of drug-likeness (QED) is 0.397. The van der Waals surface area contributed by atoms with Crippen LogP contribution < -0.4 is 4.74 Å². The number of piperidine rings is 1. The van der Waals surface area contributed by atoms with E-state index in [1.54, 1.807) is 6.07 Å². The third kappa shape index (κ3) is 4.61. The number of ether oxygens (including phenoxy) is 1. The van der Waals surface area contributed by atoms with Gasteiger partial charge >= 0.3 is 11.9 Å². The molecule has 2 heterocycles. The molecule has 2 aliphatic heterocycles. The van der Waals surface area contributed by atoms with Gasteiger partial charge in [0.2, 0.25) is 0 Å². The monoisotopic (exact) mass is 563 g/mol. The zero-order valence-electron chi connectivity index (χ0n) is 22.3. The van der Waals surface area contributed by atoms with Crippen molar-refractivity contribution in [3.05, 3.63) is 76.9 Å². The topological polar surface area (TPSA) is 176 Å². The number of rotatable bonds is 5. The average Bonchev–Trinajstić information content (AvgIpc) is 3.66. The van der Waals surface area contributed by atoms with Gasteiger partial charge in [0.15, 0.2) is 23.4 Å². The molecule has 1 saturated heterocycles. The molecule has 2 aromatic carbocycles. The fourth-order valence-corrected chi connectivity index (χ4v) is 7.20. The maximum absolute atomic E-state index is 13.8. The fraction of sp³-hybridized carbons (Fsp3) is 0.387. The lowest BCUT2D eigenvalue weighted by Gasteiger charge is -2.62. The average molecular weight is 564 g/mol. The standard InChI is InChI=1S/C27H27NO4.C4H4O4.H2O/c29-20-9-8-18-13-21-27(31)14-19(12-16-4-2-1-3-5-16)23(30)25-26(27,22(18)24(20)32-25)10-11-28(21)15-17-6-7-17;5-3(6)1-2-4(7)8;/h1-5,8-9,12,17,21,25,29,31H,6-7,10-11,13-15H2;1-2H,(H,5,6)(H,7,8);1H2/b19-12+;2-1+;/t21-,25+,26+,27-;;/m1../s1. The number of hydrogen-bond donors (Lipinski definition) is 4. The number of aliphatic hydroxyl groups is 1. The van der Waals surface area contributed by atoms with Gasteiger partial charge in [0, 0.05) is 42.3 Å². The van der Waals surface area contributed by atoms with Gasteiger partial charge < -0.3 is 30.6 Å². The Balaban J connectivity index is 0.000000333. The Kier molecular flexibility index (Phi) is 7.27. The third-order valence-electron chi connectivity index (χ3n) is 9.04. The number of Topliss-reactive ketones (excluding diaryl/α,β-unsaturated/α-hetero) is 1. The molecule has 41 heavy (non-hydrogen) atoms. The molecule has 4 atom stereocenters. The molecule has 0 radical (unpaired) electrons. The summed E-state index contributed by atoms with van der Waals surface area (Å²) in [7, 11) is 0. The van der Waals surface area contributed by atoms with Gasteiger partial charge in [0.25, 0.3) is 0 Å². The number of phenolic OH excluding ortho intramolecular Hbond substituents is 1. The molecule has 0 amide bonds. The van der Waals surface area contributed by atoms with E-state index in [4.69, 9.17) is 14.9 Å². The van der Waals surface area contributed by atoms with E-state index in [0.717, 1.165) is 42.1 Å². The summed E-state index contributed by atoms with van der Waals surface area (Å²) >= 11 is 0. The molecule has 1 spiro atoms. The van der Waals surface area contributed by atoms with Crippen molar-refractivity contribution in [2.75, 3.05) is 13.1 Å². The number of likely N-dealkylation sites (tertiary alicyclic amines) is 1. The molecule has 3 fully saturated rings. The Bertz CT molecular complexity index is 1430. The molecule has 216 valence electrons. The van der Waals surface area contributed by atoms with Crippen molar-refractivity contribution in [2.45, 2.75) is 55.3 Å². The largest absolute Gasteiger partial charge is 0.504 e. The summed E-state index contributed by atoms with van der Waals surface area (Å²) < 4.78 is 6.26. The molecule has 7 rings (SSSR count). The van der Waals surface area contributed by atoms with Gasteiger partial charge in [-0.25, -0.2) is 9.59 Å². The minimum absolute atomic E-state index is 0. The normalized spacial score (nSPS) is 30.1. The lowest BCUT2D eigenvalue weighted by Crippen LogP contribution is -2.77. The molecule has 0 aromatic heterocycles. The number of aromatic hydroxyl groups is 1. The SMILES string of the molecule is O.O=C(O)/C=C/C(=O)O.O=C1/C(=C/c2ccccc2)C[C@@]2(O)[C@H]3Cc4ccc(O)c5c4[C@@]2(CCN3CC2CC2)[C@H]1O5. The van der Waals surface area contributed by atoms with Crippen molar-refractivity contribution in [3.63, 3.8) is 0 Å². The molecule has 10 nitrogen and oxygen atoms in total. The minimum atomic E-state index is -1.26. The summed E-state index contributed by atoms with van der Waals surface area (Å²) in [6, 6.07) is 13.4. The summed E-state index contributed by atoms with van der Waals surface area (Å²) in [6.45, 7) is 1.86. The van der Waals surface area contributed by atoms with Crippen LogP contribution in [0.1, 0.15) is 42.4 Å². The Morgan fingerprint density at radius 1 is 1.05 bits per heavy atom. The van der Waals surface area contributed by atoms with Crippen LogP contribution in [0.3, 0.4) is 0 Å². The first-order valence-corrected chi connectivity index (χ1v) is 13.6. The van der Waals surface area contributed by atoms with Crippen LogP contribution in [0.15, 0.2) is 60.2 Å². The summed E-state index contributed by atoms with van der Waals surface area (Å²) in [6.07, 6.45) is 6.49. The van der Waals surface area contributed by atoms with Crippen LogP contribution in [0.25, 0.3) is 6.08 Å². The number of ketones is 1. The van der Waals surface area contributed by atoms with Gasteiger partial charge in [0.05, 0.1) is 11.0 Å². The Morgan fingerprint density at radius 3 is 2.37 bits per heavy atom. The van der Waals surface area contributed by atoms with Gasteiger partial charge in [0.1, 0.15) is 0 Å². The number of aliphatic carboxylic acids is 2. The predicted molar refractivity (Wildman–Crippen MR) is 148 cm³/mol. The predicted octanol–water partition coefficient (Wildman–Crippen LogP) is 2.11. The zero-order chi connectivity index (χ0) is 28.2. The van der Waals surface area contributed by atoms with Gasteiger partial charge in [-0.1, -0.05) is 36.4 Å². The highest BCUT2D eigenvalue weighted by molar-refractivity contribution is 6.06. The second-order valence-corrected chi connectivity index (χ2v) is 11.4. The van der Waals surface area contributed by atoms with Crippen LogP contribution in [-0.2, 0) is 26.2 Å². The second-order valence-electron chi connectivity index (χ2n) is 11.4. The lowest BCUT2D eigenvalue weighted by atomic mass is 9.48. The summed E-state index contributed by atoms with van der Waals surface area (Å²) in [5, 5.41) is 38.8. The van der Waals surface area contributed by atoms with Gasteiger partial charge in [-0.2, -0.15) is 0 Å². The van der Waals surface area contributed by atoms with Crippen LogP contribution in [0.4, 0.5) is 0 Å². The van der Waals surface area contributed by atoms with E-state index in [2.05, 4.69) is 4.90 Å². The van der Waals surface area contributed by atoms with E-state index in [0.29, 0.717) is 36.3 Å². The number of phenols is 1. The van der Waals surface area contributed by atoms with Gasteiger partial charge in [-0.3, -0.25) is 9.69 Å². The summed E-state index contributed by atoms with van der Waals surface area (Å²) in [4.78, 5) is 35.4. The molecule has 2 aromatic rings. The number of benzene rings is 2. The van der Waals surface area contributed by atoms with E-state index in [1.165, 1.54) is 12.8 Å². The van der Waals surface area contributed by atoms with Crippen molar-refractivity contribution in [3.8, 4) is 11.5 Å². The van der Waals surface area contributed by atoms with E-state index < -0.39 is 29.1 Å². The fourth-order valence-electron chi connectivity index (χ4n) is 7.20.